The molecule has 0 N–H and O–H groups in total. The summed E-state index contributed by atoms with van der Waals surface area (Å²) in [6.07, 6.45) is 0. The van der Waals surface area contributed by atoms with Crippen LogP contribution in [-0.2, 0) is 0 Å². The van der Waals surface area contributed by atoms with Gasteiger partial charge in [0, 0.05) is 37.2 Å². The summed E-state index contributed by atoms with van der Waals surface area (Å²) in [6.45, 7) is 0. The van der Waals surface area contributed by atoms with Crippen LogP contribution in [0.15, 0.2) is 212 Å². The molecule has 0 aliphatic rings. The monoisotopic (exact) mass is 729 g/mol. The lowest BCUT2D eigenvalue weighted by Crippen LogP contribution is -2.09. The molecule has 0 aliphatic carbocycles. The zero-order chi connectivity index (χ0) is 37.0. The number of hydrogen-bond acceptors (Lipinski definition) is 2. The van der Waals surface area contributed by atoms with E-state index in [2.05, 4.69) is 217 Å². The molecule has 1 nitrogen and oxygen atoms in total. The van der Waals surface area contributed by atoms with Crippen LogP contribution in [0.3, 0.4) is 0 Å². The first-order valence-electron chi connectivity index (χ1n) is 19.2. The Morgan fingerprint density at radius 3 is 1.59 bits per heavy atom. The molecule has 0 bridgehead atoms. The van der Waals surface area contributed by atoms with Gasteiger partial charge < -0.3 is 4.90 Å². The summed E-state index contributed by atoms with van der Waals surface area (Å²) >= 11 is 1.86. The quantitative estimate of drug-likeness (QED) is 0.154. The van der Waals surface area contributed by atoms with E-state index in [1.807, 2.05) is 11.3 Å². The van der Waals surface area contributed by atoms with Crippen LogP contribution in [0, 0.1) is 0 Å². The van der Waals surface area contributed by atoms with E-state index >= 15 is 0 Å². The Labute approximate surface area is 330 Å². The second-order valence-electron chi connectivity index (χ2n) is 14.5. The molecular weight excluding hydrogens is 695 g/mol. The Kier molecular flexibility index (Phi) is 7.75. The molecule has 0 spiro atoms. The van der Waals surface area contributed by atoms with Gasteiger partial charge in [0.25, 0.3) is 0 Å². The molecule has 262 valence electrons. The summed E-state index contributed by atoms with van der Waals surface area (Å²) in [5.74, 6) is 0. The van der Waals surface area contributed by atoms with E-state index in [1.54, 1.807) is 0 Å². The van der Waals surface area contributed by atoms with Crippen LogP contribution in [0.4, 0.5) is 17.1 Å². The Morgan fingerprint density at radius 2 is 0.804 bits per heavy atom. The lowest BCUT2D eigenvalue weighted by molar-refractivity contribution is 1.29. The minimum Gasteiger partial charge on any atom is -0.310 e. The van der Waals surface area contributed by atoms with Gasteiger partial charge in [-0.1, -0.05) is 152 Å². The second-order valence-corrected chi connectivity index (χ2v) is 15.6. The summed E-state index contributed by atoms with van der Waals surface area (Å²) < 4.78 is 2.66. The third kappa shape index (κ3) is 5.62. The molecule has 0 unspecified atom stereocenters. The van der Waals surface area contributed by atoms with Crippen molar-refractivity contribution in [3.63, 3.8) is 0 Å². The van der Waals surface area contributed by atoms with Gasteiger partial charge in [0.2, 0.25) is 0 Å². The zero-order valence-corrected chi connectivity index (χ0v) is 31.4. The predicted octanol–water partition coefficient (Wildman–Crippen LogP) is 16.0. The lowest BCUT2D eigenvalue weighted by Gasteiger charge is -2.26. The second kappa shape index (κ2) is 13.4. The smallest absolute Gasteiger partial charge is 0.0468 e. The Balaban J connectivity index is 0.988. The van der Waals surface area contributed by atoms with Gasteiger partial charge in [0.15, 0.2) is 0 Å². The van der Waals surface area contributed by atoms with Crippen LogP contribution >= 0.6 is 11.3 Å². The highest BCUT2D eigenvalue weighted by Crippen LogP contribution is 2.41. The van der Waals surface area contributed by atoms with E-state index in [1.165, 1.54) is 85.9 Å². The molecule has 0 saturated heterocycles. The van der Waals surface area contributed by atoms with Gasteiger partial charge in [0.1, 0.15) is 0 Å². The number of fused-ring (bicyclic) bond motifs is 7. The molecule has 2 heteroatoms. The van der Waals surface area contributed by atoms with Crippen LogP contribution in [0.1, 0.15) is 0 Å². The number of anilines is 3. The molecule has 1 aromatic heterocycles. The van der Waals surface area contributed by atoms with Gasteiger partial charge in [-0.3, -0.25) is 0 Å². The van der Waals surface area contributed by atoms with Crippen molar-refractivity contribution in [3.05, 3.63) is 212 Å². The first kappa shape index (κ1) is 32.4. The largest absolute Gasteiger partial charge is 0.310 e. The van der Waals surface area contributed by atoms with Gasteiger partial charge in [0.05, 0.1) is 0 Å². The summed E-state index contributed by atoms with van der Waals surface area (Å²) in [7, 11) is 0. The molecule has 11 aromatic rings. The highest BCUT2D eigenvalue weighted by molar-refractivity contribution is 7.25. The number of thiophene rings is 1. The van der Waals surface area contributed by atoms with Crippen LogP contribution in [0.5, 0.6) is 0 Å². The minimum atomic E-state index is 1.11. The van der Waals surface area contributed by atoms with Crippen molar-refractivity contribution < 1.29 is 0 Å². The predicted molar refractivity (Wildman–Crippen MR) is 243 cm³/mol. The van der Waals surface area contributed by atoms with Crippen molar-refractivity contribution in [2.75, 3.05) is 4.90 Å². The Bertz CT molecular complexity index is 3240. The van der Waals surface area contributed by atoms with E-state index in [4.69, 9.17) is 0 Å². The Morgan fingerprint density at radius 1 is 0.268 bits per heavy atom. The maximum atomic E-state index is 2.38. The average molecular weight is 730 g/mol. The lowest BCUT2D eigenvalue weighted by atomic mass is 9.95. The third-order valence-corrected chi connectivity index (χ3v) is 12.4. The number of rotatable bonds is 6. The van der Waals surface area contributed by atoms with Crippen LogP contribution in [-0.4, -0.2) is 0 Å². The van der Waals surface area contributed by atoms with Gasteiger partial charge in [-0.15, -0.1) is 11.3 Å². The van der Waals surface area contributed by atoms with E-state index < -0.39 is 0 Å². The fraction of sp³-hybridized carbons (Fsp3) is 0. The van der Waals surface area contributed by atoms with E-state index in [0.29, 0.717) is 0 Å². The highest BCUT2D eigenvalue weighted by Gasteiger charge is 2.16. The molecule has 11 rings (SSSR count). The first-order valence-corrected chi connectivity index (χ1v) is 20.0. The molecule has 0 radical (unpaired) electrons. The topological polar surface area (TPSA) is 3.24 Å². The van der Waals surface area contributed by atoms with Gasteiger partial charge >= 0.3 is 0 Å². The van der Waals surface area contributed by atoms with Gasteiger partial charge in [-0.05, 0) is 126 Å². The summed E-state index contributed by atoms with van der Waals surface area (Å²) in [4.78, 5) is 2.38. The molecule has 0 saturated carbocycles. The first-order chi connectivity index (χ1) is 27.7. The fourth-order valence-electron chi connectivity index (χ4n) is 8.44. The van der Waals surface area contributed by atoms with Crippen molar-refractivity contribution >= 4 is 80.9 Å². The van der Waals surface area contributed by atoms with E-state index in [-0.39, 0.29) is 0 Å². The van der Waals surface area contributed by atoms with Crippen LogP contribution < -0.4 is 4.90 Å². The van der Waals surface area contributed by atoms with Gasteiger partial charge in [-0.2, -0.15) is 0 Å². The maximum absolute atomic E-state index is 2.38. The minimum absolute atomic E-state index is 1.11. The summed E-state index contributed by atoms with van der Waals surface area (Å²) in [5, 5.41) is 10.2. The molecule has 56 heavy (non-hydrogen) atoms. The molecule has 10 aromatic carbocycles. The molecule has 0 fully saturated rings. The number of benzene rings is 10. The molecule has 0 aliphatic heterocycles. The number of nitrogens with zero attached hydrogens (tertiary/aromatic N) is 1. The normalized spacial score (nSPS) is 11.6. The van der Waals surface area contributed by atoms with Crippen molar-refractivity contribution in [1.29, 1.82) is 0 Å². The third-order valence-electron chi connectivity index (χ3n) is 11.2. The fourth-order valence-corrected chi connectivity index (χ4v) is 9.53. The van der Waals surface area contributed by atoms with Crippen molar-refractivity contribution in [2.45, 2.75) is 0 Å². The highest BCUT2D eigenvalue weighted by atomic mass is 32.1. The molecule has 0 atom stereocenters. The van der Waals surface area contributed by atoms with Crippen LogP contribution in [0.25, 0.3) is 85.9 Å². The van der Waals surface area contributed by atoms with E-state index in [9.17, 15) is 0 Å². The average Bonchev–Trinajstić information content (AvgIpc) is 3.65. The van der Waals surface area contributed by atoms with Crippen LogP contribution in [0.2, 0.25) is 0 Å². The summed E-state index contributed by atoms with van der Waals surface area (Å²) in [5.41, 5.74) is 10.6. The Hall–Kier alpha value is -7.00. The van der Waals surface area contributed by atoms with E-state index in [0.717, 1.165) is 17.1 Å². The van der Waals surface area contributed by atoms with Crippen molar-refractivity contribution in [2.24, 2.45) is 0 Å². The summed E-state index contributed by atoms with van der Waals surface area (Å²) in [6, 6.07) is 77.8. The maximum Gasteiger partial charge on any atom is 0.0468 e. The van der Waals surface area contributed by atoms with Crippen molar-refractivity contribution in [3.8, 4) is 33.4 Å². The number of hydrogen-bond donors (Lipinski definition) is 0. The molecular formula is C54H35NS. The SMILES string of the molecule is c1cc(-c2ccc(N(c3ccc(-c4ccc5sc6ccccc6c5c4)cc3)c3ccc4c(ccc5ccccc54)c3)cc2)cc(-c2cccc3ccccc23)c1. The standard InChI is InChI=1S/C54H35NS/c1-3-14-47-38(9-1)11-8-17-49(47)42-13-7-12-40(33-42)36-21-26-44(27-22-36)55(46-30-31-50-43(34-46)20-19-39-10-2-4-15-48(39)50)45-28-23-37(24-29-45)41-25-32-54-52(35-41)51-16-5-6-18-53(51)56-54/h1-35H. The molecule has 1 heterocycles. The van der Waals surface area contributed by atoms with Gasteiger partial charge in [-0.25, -0.2) is 0 Å². The molecule has 0 amide bonds. The van der Waals surface area contributed by atoms with Crippen molar-refractivity contribution in [1.82, 2.24) is 0 Å². The zero-order valence-electron chi connectivity index (χ0n) is 30.6.